The number of hydrogen-bond donors (Lipinski definition) is 3. The molecule has 0 saturated carbocycles. The van der Waals surface area contributed by atoms with Crippen molar-refractivity contribution in [1.29, 1.82) is 5.26 Å². The molecule has 3 rings (SSSR count). The van der Waals surface area contributed by atoms with Gasteiger partial charge in [-0.25, -0.2) is 8.78 Å². The summed E-state index contributed by atoms with van der Waals surface area (Å²) >= 11 is 0. The number of nitrogens with one attached hydrogen (secondary N) is 2. The molecule has 5 nitrogen and oxygen atoms in total. The van der Waals surface area contributed by atoms with Crippen molar-refractivity contribution in [2.24, 2.45) is 0 Å². The van der Waals surface area contributed by atoms with Gasteiger partial charge in [0.05, 0.1) is 23.8 Å². The maximum absolute atomic E-state index is 13.6. The Kier molecular flexibility index (Phi) is 7.94. The molecule has 0 saturated heterocycles. The Morgan fingerprint density at radius 3 is 2.56 bits per heavy atom. The minimum Gasteiger partial charge on any atom is -0.390 e. The lowest BCUT2D eigenvalue weighted by molar-refractivity contribution is -0.120. The molecule has 2 aromatic carbocycles. The lowest BCUT2D eigenvalue weighted by Crippen LogP contribution is -2.48. The fraction of sp³-hybridized carbons (Fsp3) is 0.440. The van der Waals surface area contributed by atoms with Gasteiger partial charge in [-0.2, -0.15) is 5.26 Å². The number of halogens is 2. The van der Waals surface area contributed by atoms with Gasteiger partial charge in [-0.05, 0) is 72.6 Å². The summed E-state index contributed by atoms with van der Waals surface area (Å²) < 4.78 is 27.1. The van der Waals surface area contributed by atoms with E-state index in [0.29, 0.717) is 11.1 Å². The molecule has 32 heavy (non-hydrogen) atoms. The number of aliphatic hydroxyl groups is 1. The van der Waals surface area contributed by atoms with Crippen molar-refractivity contribution >= 4 is 5.91 Å². The number of fused-ring (bicyclic) bond motifs is 1. The number of benzene rings is 2. The molecule has 0 heterocycles. The Bertz CT molecular complexity index is 999. The topological polar surface area (TPSA) is 85.2 Å². The van der Waals surface area contributed by atoms with Crippen LogP contribution < -0.4 is 10.6 Å². The Labute approximate surface area is 187 Å². The monoisotopic (exact) mass is 441 g/mol. The lowest BCUT2D eigenvalue weighted by atomic mass is 9.83. The molecule has 1 amide bonds. The Hall–Kier alpha value is -2.82. The van der Waals surface area contributed by atoms with E-state index in [2.05, 4.69) is 22.8 Å². The van der Waals surface area contributed by atoms with E-state index in [9.17, 15) is 23.9 Å². The van der Waals surface area contributed by atoms with E-state index >= 15 is 0 Å². The van der Waals surface area contributed by atoms with E-state index in [1.54, 1.807) is 0 Å². The number of aryl methyl sites for hydroxylation is 1. The van der Waals surface area contributed by atoms with Crippen LogP contribution in [0.2, 0.25) is 0 Å². The third kappa shape index (κ3) is 5.90. The number of nitriles is 1. The summed E-state index contributed by atoms with van der Waals surface area (Å²) in [4.78, 5) is 11.7. The van der Waals surface area contributed by atoms with Crippen molar-refractivity contribution in [3.63, 3.8) is 0 Å². The van der Waals surface area contributed by atoms with Gasteiger partial charge >= 0.3 is 0 Å². The lowest BCUT2D eigenvalue weighted by Gasteiger charge is -2.30. The number of hydrogen-bond acceptors (Lipinski definition) is 4. The average molecular weight is 442 g/mol. The van der Waals surface area contributed by atoms with Crippen LogP contribution in [0.5, 0.6) is 0 Å². The summed E-state index contributed by atoms with van der Waals surface area (Å²) in [5.41, 5.74) is 4.29. The molecule has 7 heteroatoms. The third-order valence-electron chi connectivity index (χ3n) is 5.97. The largest absolute Gasteiger partial charge is 0.390 e. The average Bonchev–Trinajstić information content (AvgIpc) is 2.75. The maximum atomic E-state index is 13.6. The van der Waals surface area contributed by atoms with Gasteiger partial charge in [-0.15, -0.1) is 0 Å². The van der Waals surface area contributed by atoms with E-state index in [-0.39, 0.29) is 24.9 Å². The van der Waals surface area contributed by atoms with Crippen molar-refractivity contribution in [3.05, 3.63) is 69.8 Å². The molecule has 0 aliphatic heterocycles. The van der Waals surface area contributed by atoms with Gasteiger partial charge in [0.25, 0.3) is 0 Å². The van der Waals surface area contributed by atoms with Crippen LogP contribution in [-0.4, -0.2) is 29.7 Å². The minimum absolute atomic E-state index is 0.0170. The molecule has 3 N–H and O–H groups in total. The first kappa shape index (κ1) is 23.8. The van der Waals surface area contributed by atoms with E-state index in [1.807, 2.05) is 13.0 Å². The molecule has 0 spiro atoms. The Morgan fingerprint density at radius 1 is 1.22 bits per heavy atom. The van der Waals surface area contributed by atoms with E-state index < -0.39 is 23.8 Å². The zero-order valence-corrected chi connectivity index (χ0v) is 18.4. The molecule has 2 aromatic rings. The van der Waals surface area contributed by atoms with E-state index in [4.69, 9.17) is 0 Å². The van der Waals surface area contributed by atoms with Gasteiger partial charge in [-0.1, -0.05) is 13.0 Å². The summed E-state index contributed by atoms with van der Waals surface area (Å²) in [6.07, 6.45) is 2.60. The molecule has 0 fully saturated rings. The van der Waals surface area contributed by atoms with Crippen molar-refractivity contribution in [2.75, 3.05) is 6.54 Å². The fourth-order valence-corrected chi connectivity index (χ4v) is 4.43. The zero-order valence-electron chi connectivity index (χ0n) is 18.4. The van der Waals surface area contributed by atoms with Gasteiger partial charge < -0.3 is 15.7 Å². The number of aliphatic hydroxyl groups excluding tert-OH is 1. The predicted octanol–water partition coefficient (Wildman–Crippen LogP) is 3.47. The highest BCUT2D eigenvalue weighted by atomic mass is 19.1. The van der Waals surface area contributed by atoms with Crippen LogP contribution in [0.4, 0.5) is 8.78 Å². The molecule has 3 unspecified atom stereocenters. The SMILES string of the molecule is CCc1cc(C#N)c2c(c1)C(NCC(O)C(Cc1cc(F)cc(F)c1)NC(C)=O)CCC2. The molecular formula is C25H29F2N3O2. The predicted molar refractivity (Wildman–Crippen MR) is 118 cm³/mol. The summed E-state index contributed by atoms with van der Waals surface area (Å²) in [7, 11) is 0. The van der Waals surface area contributed by atoms with Crippen LogP contribution in [0.1, 0.15) is 60.5 Å². The van der Waals surface area contributed by atoms with Crippen LogP contribution in [0.25, 0.3) is 0 Å². The van der Waals surface area contributed by atoms with Crippen LogP contribution in [0.15, 0.2) is 30.3 Å². The molecule has 1 aliphatic rings. The molecule has 3 atom stereocenters. The van der Waals surface area contributed by atoms with Gasteiger partial charge in [0.1, 0.15) is 11.6 Å². The van der Waals surface area contributed by atoms with Crippen LogP contribution in [0.3, 0.4) is 0 Å². The minimum atomic E-state index is -0.972. The van der Waals surface area contributed by atoms with Gasteiger partial charge in [0.2, 0.25) is 5.91 Å². The van der Waals surface area contributed by atoms with E-state index in [1.165, 1.54) is 19.1 Å². The van der Waals surface area contributed by atoms with Gasteiger partial charge in [0.15, 0.2) is 0 Å². The first-order chi connectivity index (χ1) is 15.3. The van der Waals surface area contributed by atoms with Crippen molar-refractivity contribution in [1.82, 2.24) is 10.6 Å². The Morgan fingerprint density at radius 2 is 1.94 bits per heavy atom. The maximum Gasteiger partial charge on any atom is 0.217 e. The normalized spacial score (nSPS) is 17.2. The number of nitrogens with zero attached hydrogens (tertiary/aromatic N) is 1. The second kappa shape index (κ2) is 10.7. The molecule has 0 aromatic heterocycles. The van der Waals surface area contributed by atoms with Crippen LogP contribution in [0, 0.1) is 23.0 Å². The van der Waals surface area contributed by atoms with Crippen LogP contribution >= 0.6 is 0 Å². The van der Waals surface area contributed by atoms with E-state index in [0.717, 1.165) is 48.4 Å². The smallest absolute Gasteiger partial charge is 0.217 e. The second-order valence-electron chi connectivity index (χ2n) is 8.39. The number of carbonyl (C=O) groups excluding carboxylic acids is 1. The fourth-order valence-electron chi connectivity index (χ4n) is 4.43. The van der Waals surface area contributed by atoms with Crippen molar-refractivity contribution < 1.29 is 18.7 Å². The zero-order chi connectivity index (χ0) is 23.3. The van der Waals surface area contributed by atoms with Crippen molar-refractivity contribution in [3.8, 4) is 6.07 Å². The van der Waals surface area contributed by atoms with Crippen LogP contribution in [-0.2, 0) is 24.1 Å². The molecule has 170 valence electrons. The third-order valence-corrected chi connectivity index (χ3v) is 5.97. The van der Waals surface area contributed by atoms with Gasteiger partial charge in [0, 0.05) is 25.6 Å². The first-order valence-electron chi connectivity index (χ1n) is 11.0. The molecule has 1 aliphatic carbocycles. The molecule has 0 radical (unpaired) electrons. The summed E-state index contributed by atoms with van der Waals surface area (Å²) in [5.74, 6) is -1.73. The number of carbonyl (C=O) groups is 1. The highest BCUT2D eigenvalue weighted by Crippen LogP contribution is 2.33. The quantitative estimate of drug-likeness (QED) is 0.586. The molecular weight excluding hydrogens is 412 g/mol. The van der Waals surface area contributed by atoms with Gasteiger partial charge in [-0.3, -0.25) is 4.79 Å². The van der Waals surface area contributed by atoms with Crippen molar-refractivity contribution in [2.45, 2.75) is 64.1 Å². The summed E-state index contributed by atoms with van der Waals surface area (Å²) in [6.45, 7) is 3.57. The highest BCUT2D eigenvalue weighted by Gasteiger charge is 2.26. The molecule has 0 bridgehead atoms. The number of amides is 1. The second-order valence-corrected chi connectivity index (χ2v) is 8.39. The Balaban J connectivity index is 1.75. The summed E-state index contributed by atoms with van der Waals surface area (Å²) in [6, 6.07) is 8.84. The highest BCUT2D eigenvalue weighted by molar-refractivity contribution is 5.73. The number of rotatable bonds is 8. The first-order valence-corrected chi connectivity index (χ1v) is 11.0. The summed E-state index contributed by atoms with van der Waals surface area (Å²) in [5, 5.41) is 26.4. The standard InChI is InChI=1S/C25H29F2N3O2/c1-3-16-7-18(13-28)21-5-4-6-23(22(21)10-16)29-14-25(32)24(30-15(2)31)11-17-8-19(26)12-20(27)9-17/h7-10,12,23-25,29,32H,3-6,11,14H2,1-2H3,(H,30,31).